The summed E-state index contributed by atoms with van der Waals surface area (Å²) in [6.45, 7) is 2.17. The monoisotopic (exact) mass is 269 g/mol. The molecule has 0 aromatic rings. The van der Waals surface area contributed by atoms with Crippen LogP contribution in [0.15, 0.2) is 59.8 Å². The van der Waals surface area contributed by atoms with E-state index in [9.17, 15) is 10.1 Å². The van der Waals surface area contributed by atoms with Gasteiger partial charge in [-0.3, -0.25) is 0 Å². The minimum Gasteiger partial charge on any atom is -0.463 e. The first-order chi connectivity index (χ1) is 9.77. The molecule has 104 valence electrons. The molecule has 0 saturated carbocycles. The molecule has 0 aliphatic heterocycles. The number of allylic oxidation sites excluding steroid dienone is 9. The van der Waals surface area contributed by atoms with Gasteiger partial charge in [0, 0.05) is 11.6 Å². The van der Waals surface area contributed by atoms with Crippen molar-refractivity contribution in [3.8, 4) is 6.07 Å². The summed E-state index contributed by atoms with van der Waals surface area (Å²) in [5.74, 6) is -0.313. The van der Waals surface area contributed by atoms with E-state index in [0.717, 1.165) is 24.0 Å². The lowest BCUT2D eigenvalue weighted by Crippen LogP contribution is -1.98. The summed E-state index contributed by atoms with van der Waals surface area (Å²) in [5.41, 5.74) is 1.72. The minimum atomic E-state index is -0.313. The Morgan fingerprint density at radius 3 is 2.60 bits per heavy atom. The predicted molar refractivity (Wildman–Crippen MR) is 79.7 cm³/mol. The Kier molecular flexibility index (Phi) is 7.52. The van der Waals surface area contributed by atoms with Gasteiger partial charge in [0.1, 0.15) is 0 Å². The Balaban J connectivity index is 2.45. The van der Waals surface area contributed by atoms with Crippen molar-refractivity contribution in [2.75, 3.05) is 6.61 Å². The first kappa shape index (κ1) is 15.7. The average molecular weight is 269 g/mol. The molecule has 3 heteroatoms. The van der Waals surface area contributed by atoms with Crippen molar-refractivity contribution < 1.29 is 9.53 Å². The number of carbonyl (C=O) groups excluding carboxylic acids is 1. The Labute approximate surface area is 120 Å². The van der Waals surface area contributed by atoms with Gasteiger partial charge < -0.3 is 4.74 Å². The molecule has 0 fully saturated rings. The van der Waals surface area contributed by atoms with E-state index in [1.807, 2.05) is 36.5 Å². The number of nitrogens with zero attached hydrogens (tertiary/aromatic N) is 1. The van der Waals surface area contributed by atoms with Gasteiger partial charge in [0.15, 0.2) is 0 Å². The first-order valence-electron chi connectivity index (χ1n) is 6.76. The fourth-order valence-electron chi connectivity index (χ4n) is 1.73. The third-order valence-electron chi connectivity index (χ3n) is 2.71. The van der Waals surface area contributed by atoms with Crippen molar-refractivity contribution in [2.24, 2.45) is 0 Å². The van der Waals surface area contributed by atoms with Crippen LogP contribution in [0.3, 0.4) is 0 Å². The average Bonchev–Trinajstić information content (AvgIpc) is 2.72. The highest BCUT2D eigenvalue weighted by molar-refractivity contribution is 5.81. The van der Waals surface area contributed by atoms with E-state index in [1.54, 1.807) is 13.0 Å². The molecule has 3 nitrogen and oxygen atoms in total. The van der Waals surface area contributed by atoms with E-state index in [2.05, 4.69) is 6.07 Å². The fraction of sp³-hybridized carbons (Fsp3) is 0.294. The van der Waals surface area contributed by atoms with Crippen LogP contribution in [-0.2, 0) is 9.53 Å². The molecule has 1 aliphatic carbocycles. The highest BCUT2D eigenvalue weighted by Gasteiger charge is 2.01. The molecule has 0 bridgehead atoms. The third kappa shape index (κ3) is 6.01. The van der Waals surface area contributed by atoms with Crippen molar-refractivity contribution in [3.05, 3.63) is 59.8 Å². The quantitative estimate of drug-likeness (QED) is 0.319. The lowest BCUT2D eigenvalue weighted by Gasteiger charge is -2.01. The highest BCUT2D eigenvalue weighted by atomic mass is 16.5. The maximum Gasteiger partial charge on any atom is 0.330 e. The SMILES string of the molecule is CCOC(=O)/C=C/CCCC(C#N)=C1C=CC=CC=C1. The molecule has 0 amide bonds. The van der Waals surface area contributed by atoms with E-state index in [-0.39, 0.29) is 5.97 Å². The number of unbranched alkanes of at least 4 members (excludes halogenated alkanes) is 1. The number of ether oxygens (including phenoxy) is 1. The van der Waals surface area contributed by atoms with Crippen molar-refractivity contribution in [2.45, 2.75) is 26.2 Å². The standard InChI is InChI=1S/C17H19NO2/c1-2-20-17(19)13-9-5-8-12-16(14-18)15-10-6-3-4-7-11-15/h3-4,6-7,9-11,13H,2,5,8,12H2,1H3/b13-9+. The van der Waals surface area contributed by atoms with E-state index in [0.29, 0.717) is 13.0 Å². The van der Waals surface area contributed by atoms with Crippen molar-refractivity contribution >= 4 is 5.97 Å². The zero-order valence-electron chi connectivity index (χ0n) is 11.7. The van der Waals surface area contributed by atoms with Gasteiger partial charge in [-0.25, -0.2) is 4.79 Å². The number of rotatable bonds is 6. The van der Waals surface area contributed by atoms with E-state index < -0.39 is 0 Å². The molecule has 0 spiro atoms. The van der Waals surface area contributed by atoms with Gasteiger partial charge >= 0.3 is 5.97 Å². The molecule has 0 aromatic carbocycles. The molecule has 0 heterocycles. The summed E-state index contributed by atoms with van der Waals surface area (Å²) >= 11 is 0. The van der Waals surface area contributed by atoms with Crippen LogP contribution in [0.4, 0.5) is 0 Å². The van der Waals surface area contributed by atoms with Gasteiger partial charge in [-0.1, -0.05) is 42.5 Å². The van der Waals surface area contributed by atoms with Crippen molar-refractivity contribution in [1.29, 1.82) is 5.26 Å². The maximum absolute atomic E-state index is 11.1. The lowest BCUT2D eigenvalue weighted by molar-refractivity contribution is -0.137. The van der Waals surface area contributed by atoms with Crippen LogP contribution in [0.1, 0.15) is 26.2 Å². The van der Waals surface area contributed by atoms with Crippen molar-refractivity contribution in [3.63, 3.8) is 0 Å². The van der Waals surface area contributed by atoms with Gasteiger partial charge in [-0.05, 0) is 31.8 Å². The molecule has 1 aliphatic rings. The molecule has 0 saturated heterocycles. The molecular weight excluding hydrogens is 250 g/mol. The van der Waals surface area contributed by atoms with E-state index in [1.165, 1.54) is 6.08 Å². The van der Waals surface area contributed by atoms with Gasteiger partial charge in [-0.15, -0.1) is 0 Å². The van der Waals surface area contributed by atoms with E-state index in [4.69, 9.17) is 4.74 Å². The second-order valence-electron chi connectivity index (χ2n) is 4.20. The number of hydrogen-bond donors (Lipinski definition) is 0. The summed E-state index contributed by atoms with van der Waals surface area (Å²) in [7, 11) is 0. The highest BCUT2D eigenvalue weighted by Crippen LogP contribution is 2.16. The fourth-order valence-corrected chi connectivity index (χ4v) is 1.73. The Hall–Kier alpha value is -2.34. The maximum atomic E-state index is 11.1. The van der Waals surface area contributed by atoms with Crippen LogP contribution in [0.25, 0.3) is 0 Å². The summed E-state index contributed by atoms with van der Waals surface area (Å²) in [6, 6.07) is 2.25. The van der Waals surface area contributed by atoms with Gasteiger partial charge in [0.2, 0.25) is 0 Å². The molecule has 0 radical (unpaired) electrons. The third-order valence-corrected chi connectivity index (χ3v) is 2.71. The molecule has 0 atom stereocenters. The summed E-state index contributed by atoms with van der Waals surface area (Å²) < 4.78 is 4.79. The Morgan fingerprint density at radius 1 is 1.30 bits per heavy atom. The van der Waals surface area contributed by atoms with Crippen LogP contribution < -0.4 is 0 Å². The first-order valence-corrected chi connectivity index (χ1v) is 6.76. The minimum absolute atomic E-state index is 0.313. The summed E-state index contributed by atoms with van der Waals surface area (Å²) in [5, 5.41) is 9.20. The van der Waals surface area contributed by atoms with Crippen LogP contribution in [0, 0.1) is 11.3 Å². The summed E-state index contributed by atoms with van der Waals surface area (Å²) in [4.78, 5) is 11.1. The molecule has 20 heavy (non-hydrogen) atoms. The Bertz CT molecular complexity index is 496. The van der Waals surface area contributed by atoms with Gasteiger partial charge in [-0.2, -0.15) is 5.26 Å². The topological polar surface area (TPSA) is 50.1 Å². The molecule has 0 aromatic heterocycles. The Morgan fingerprint density at radius 2 is 2.00 bits per heavy atom. The molecular formula is C17H19NO2. The zero-order valence-corrected chi connectivity index (χ0v) is 11.7. The molecule has 0 unspecified atom stereocenters. The number of carbonyl (C=O) groups is 1. The normalized spacial score (nSPS) is 13.3. The smallest absolute Gasteiger partial charge is 0.330 e. The van der Waals surface area contributed by atoms with Crippen LogP contribution in [-0.4, -0.2) is 12.6 Å². The number of hydrogen-bond acceptors (Lipinski definition) is 3. The van der Waals surface area contributed by atoms with E-state index >= 15 is 0 Å². The molecule has 0 N–H and O–H groups in total. The van der Waals surface area contributed by atoms with Crippen LogP contribution >= 0.6 is 0 Å². The number of nitriles is 1. The molecule has 1 rings (SSSR count). The van der Waals surface area contributed by atoms with Gasteiger partial charge in [0.25, 0.3) is 0 Å². The van der Waals surface area contributed by atoms with Gasteiger partial charge in [0.05, 0.1) is 12.7 Å². The largest absolute Gasteiger partial charge is 0.463 e. The summed E-state index contributed by atoms with van der Waals surface area (Å²) in [6.07, 6.45) is 17.1. The number of esters is 1. The predicted octanol–water partition coefficient (Wildman–Crippen LogP) is 3.78. The van der Waals surface area contributed by atoms with Crippen LogP contribution in [0.2, 0.25) is 0 Å². The van der Waals surface area contributed by atoms with Crippen molar-refractivity contribution in [1.82, 2.24) is 0 Å². The second kappa shape index (κ2) is 9.57. The lowest BCUT2D eigenvalue weighted by atomic mass is 10.0. The second-order valence-corrected chi connectivity index (χ2v) is 4.20. The zero-order chi connectivity index (χ0) is 14.6. The van der Waals surface area contributed by atoms with Crippen LogP contribution in [0.5, 0.6) is 0 Å².